The van der Waals surface area contributed by atoms with Crippen LogP contribution in [0.1, 0.15) is 18.3 Å². The molecule has 1 aliphatic rings. The summed E-state index contributed by atoms with van der Waals surface area (Å²) in [6.07, 6.45) is 0. The first-order chi connectivity index (χ1) is 14.2. The van der Waals surface area contributed by atoms with Gasteiger partial charge >= 0.3 is 0 Å². The molecular weight excluding hydrogens is 358 g/mol. The molecule has 0 spiro atoms. The van der Waals surface area contributed by atoms with Crippen molar-refractivity contribution in [2.45, 2.75) is 20.4 Å². The number of rotatable bonds is 6. The molecule has 5 heteroatoms. The Morgan fingerprint density at radius 3 is 2.10 bits per heavy atom. The maximum atomic E-state index is 4.75. The molecule has 0 aliphatic carbocycles. The average molecular weight is 388 g/mol. The van der Waals surface area contributed by atoms with Gasteiger partial charge in [0, 0.05) is 51.0 Å². The zero-order chi connectivity index (χ0) is 20.1. The summed E-state index contributed by atoms with van der Waals surface area (Å²) in [5.41, 5.74) is 2.59. The predicted octanol–water partition coefficient (Wildman–Crippen LogP) is 4.14. The topological polar surface area (TPSA) is 35.5 Å². The Kier molecular flexibility index (Phi) is 5.94. The van der Waals surface area contributed by atoms with Crippen molar-refractivity contribution >= 4 is 17.3 Å². The Bertz CT molecular complexity index is 905. The van der Waals surface area contributed by atoms with Gasteiger partial charge in [0.15, 0.2) is 0 Å². The van der Waals surface area contributed by atoms with Crippen molar-refractivity contribution in [2.75, 3.05) is 47.4 Å². The van der Waals surface area contributed by atoms with E-state index in [0.717, 1.165) is 56.7 Å². The summed E-state index contributed by atoms with van der Waals surface area (Å²) in [5, 5.41) is 0. The lowest BCUT2D eigenvalue weighted by Gasteiger charge is -2.37. The molecule has 1 aromatic heterocycles. The molecule has 2 aromatic carbocycles. The first-order valence-electron chi connectivity index (χ1n) is 10.4. The minimum atomic E-state index is 0.828. The molecule has 3 aromatic rings. The number of benzene rings is 2. The molecule has 0 bridgehead atoms. The van der Waals surface area contributed by atoms with E-state index in [-0.39, 0.29) is 0 Å². The van der Waals surface area contributed by atoms with Crippen LogP contribution in [0.5, 0.6) is 0 Å². The van der Waals surface area contributed by atoms with Gasteiger partial charge in [0.25, 0.3) is 0 Å². The Morgan fingerprint density at radius 2 is 1.45 bits per heavy atom. The highest BCUT2D eigenvalue weighted by Gasteiger charge is 2.20. The van der Waals surface area contributed by atoms with Gasteiger partial charge in [-0.3, -0.25) is 0 Å². The average Bonchev–Trinajstić information content (AvgIpc) is 2.78. The number of hydrogen-bond donors (Lipinski definition) is 0. The van der Waals surface area contributed by atoms with Crippen LogP contribution in [0, 0.1) is 6.92 Å². The van der Waals surface area contributed by atoms with Gasteiger partial charge in [-0.25, -0.2) is 9.97 Å². The smallest absolute Gasteiger partial charge is 0.134 e. The van der Waals surface area contributed by atoms with E-state index in [1.54, 1.807) is 0 Å². The maximum Gasteiger partial charge on any atom is 0.134 e. The van der Waals surface area contributed by atoms with Crippen molar-refractivity contribution in [2.24, 2.45) is 0 Å². The summed E-state index contributed by atoms with van der Waals surface area (Å²) in [7, 11) is 0. The Labute approximate surface area is 173 Å². The van der Waals surface area contributed by atoms with Crippen LogP contribution in [0.25, 0.3) is 0 Å². The first kappa shape index (κ1) is 19.2. The van der Waals surface area contributed by atoms with Gasteiger partial charge < -0.3 is 14.7 Å². The molecule has 0 saturated carbocycles. The van der Waals surface area contributed by atoms with Gasteiger partial charge in [-0.15, -0.1) is 0 Å². The first-order valence-corrected chi connectivity index (χ1v) is 10.4. The molecule has 1 fully saturated rings. The van der Waals surface area contributed by atoms with Crippen molar-refractivity contribution in [3.8, 4) is 0 Å². The lowest BCUT2D eigenvalue weighted by molar-refractivity contribution is 0.645. The Hall–Kier alpha value is -3.08. The maximum absolute atomic E-state index is 4.75. The fourth-order valence-electron chi connectivity index (χ4n) is 3.85. The van der Waals surface area contributed by atoms with Gasteiger partial charge in [0.2, 0.25) is 0 Å². The lowest BCUT2D eigenvalue weighted by atomic mass is 10.2. The minimum absolute atomic E-state index is 0.828. The highest BCUT2D eigenvalue weighted by Crippen LogP contribution is 2.23. The molecule has 0 radical (unpaired) electrons. The van der Waals surface area contributed by atoms with Gasteiger partial charge in [-0.2, -0.15) is 0 Å². The lowest BCUT2D eigenvalue weighted by Crippen LogP contribution is -2.47. The molecule has 0 amide bonds. The number of nitrogens with zero attached hydrogens (tertiary/aromatic N) is 5. The van der Waals surface area contributed by atoms with Gasteiger partial charge in [-0.05, 0) is 31.5 Å². The van der Waals surface area contributed by atoms with E-state index in [1.165, 1.54) is 11.3 Å². The zero-order valence-electron chi connectivity index (χ0n) is 17.3. The van der Waals surface area contributed by atoms with E-state index in [2.05, 4.69) is 88.4 Å². The van der Waals surface area contributed by atoms with Gasteiger partial charge in [-0.1, -0.05) is 48.5 Å². The van der Waals surface area contributed by atoms with E-state index < -0.39 is 0 Å². The molecule has 29 heavy (non-hydrogen) atoms. The van der Waals surface area contributed by atoms with E-state index in [4.69, 9.17) is 9.97 Å². The van der Waals surface area contributed by atoms with Gasteiger partial charge in [0.1, 0.15) is 17.5 Å². The van der Waals surface area contributed by atoms with Crippen LogP contribution >= 0.6 is 0 Å². The predicted molar refractivity (Wildman–Crippen MR) is 121 cm³/mol. The molecule has 0 N–H and O–H groups in total. The molecule has 0 unspecified atom stereocenters. The van der Waals surface area contributed by atoms with Crippen LogP contribution in [-0.2, 0) is 6.54 Å². The highest BCUT2D eigenvalue weighted by molar-refractivity contribution is 5.54. The monoisotopic (exact) mass is 387 g/mol. The van der Waals surface area contributed by atoms with E-state index in [0.29, 0.717) is 0 Å². The fraction of sp³-hybridized carbons (Fsp3) is 0.333. The largest absolute Gasteiger partial charge is 0.368 e. The summed E-state index contributed by atoms with van der Waals surface area (Å²) >= 11 is 0. The number of para-hydroxylation sites is 1. The summed E-state index contributed by atoms with van der Waals surface area (Å²) < 4.78 is 0. The molecular formula is C24H29N5. The van der Waals surface area contributed by atoms with Crippen LogP contribution < -0.4 is 14.7 Å². The van der Waals surface area contributed by atoms with Crippen molar-refractivity contribution in [3.05, 3.63) is 78.1 Å². The SMILES string of the molecule is CCN(Cc1ccccc1)c1cc(N2CCN(c3ccccc3)CC2)nc(C)n1. The van der Waals surface area contributed by atoms with E-state index in [1.807, 2.05) is 6.92 Å². The van der Waals surface area contributed by atoms with E-state index in [9.17, 15) is 0 Å². The number of hydrogen-bond acceptors (Lipinski definition) is 5. The number of aryl methyl sites for hydroxylation is 1. The standard InChI is InChI=1S/C24H29N5/c1-3-27(19-21-10-6-4-7-11-21)23-18-24(26-20(2)25-23)29-16-14-28(15-17-29)22-12-8-5-9-13-22/h4-13,18H,3,14-17,19H2,1-2H3. The second-order valence-corrected chi connectivity index (χ2v) is 7.44. The van der Waals surface area contributed by atoms with Crippen molar-refractivity contribution in [1.82, 2.24) is 9.97 Å². The molecule has 2 heterocycles. The van der Waals surface area contributed by atoms with E-state index >= 15 is 0 Å². The molecule has 1 saturated heterocycles. The van der Waals surface area contributed by atoms with Gasteiger partial charge in [0.05, 0.1) is 0 Å². The normalized spacial score (nSPS) is 14.1. The number of aromatic nitrogens is 2. The van der Waals surface area contributed by atoms with Crippen molar-refractivity contribution in [3.63, 3.8) is 0 Å². The highest BCUT2D eigenvalue weighted by atomic mass is 15.3. The summed E-state index contributed by atoms with van der Waals surface area (Å²) in [4.78, 5) is 16.6. The molecule has 150 valence electrons. The van der Waals surface area contributed by atoms with Crippen LogP contribution in [0.4, 0.5) is 17.3 Å². The zero-order valence-corrected chi connectivity index (χ0v) is 17.3. The van der Waals surface area contributed by atoms with Crippen LogP contribution in [0.15, 0.2) is 66.7 Å². The van der Waals surface area contributed by atoms with Crippen molar-refractivity contribution in [1.29, 1.82) is 0 Å². The molecule has 0 atom stereocenters. The number of piperazine rings is 1. The molecule has 4 rings (SSSR count). The third-order valence-corrected chi connectivity index (χ3v) is 5.46. The van der Waals surface area contributed by atoms with Crippen LogP contribution in [0.2, 0.25) is 0 Å². The van der Waals surface area contributed by atoms with Crippen LogP contribution in [-0.4, -0.2) is 42.7 Å². The summed E-state index contributed by atoms with van der Waals surface area (Å²) in [6.45, 7) is 9.88. The van der Waals surface area contributed by atoms with Crippen LogP contribution in [0.3, 0.4) is 0 Å². The fourth-order valence-corrected chi connectivity index (χ4v) is 3.85. The molecule has 1 aliphatic heterocycles. The third-order valence-electron chi connectivity index (χ3n) is 5.46. The summed E-state index contributed by atoms with van der Waals surface area (Å²) in [5.74, 6) is 2.87. The second-order valence-electron chi connectivity index (χ2n) is 7.44. The third kappa shape index (κ3) is 4.67. The number of anilines is 3. The Balaban J connectivity index is 1.48. The molecule has 5 nitrogen and oxygen atoms in total. The second kappa shape index (κ2) is 8.95. The summed E-state index contributed by atoms with van der Waals surface area (Å²) in [6, 6.07) is 23.4. The minimum Gasteiger partial charge on any atom is -0.368 e. The Morgan fingerprint density at radius 1 is 0.828 bits per heavy atom. The van der Waals surface area contributed by atoms with Crippen molar-refractivity contribution < 1.29 is 0 Å². The quantitative estimate of drug-likeness (QED) is 0.635.